The van der Waals surface area contributed by atoms with E-state index in [-0.39, 0.29) is 18.4 Å². The fourth-order valence-electron chi connectivity index (χ4n) is 4.68. The van der Waals surface area contributed by atoms with Crippen LogP contribution in [0.4, 0.5) is 0 Å². The van der Waals surface area contributed by atoms with Crippen molar-refractivity contribution in [2.24, 2.45) is 5.92 Å². The monoisotopic (exact) mass is 353 g/mol. The van der Waals surface area contributed by atoms with Gasteiger partial charge in [-0.1, -0.05) is 56.5 Å². The van der Waals surface area contributed by atoms with Crippen molar-refractivity contribution in [1.82, 2.24) is 4.90 Å². The van der Waals surface area contributed by atoms with Crippen LogP contribution >= 0.6 is 12.4 Å². The van der Waals surface area contributed by atoms with Gasteiger partial charge in [0.05, 0.1) is 13.2 Å². The van der Waals surface area contributed by atoms with Gasteiger partial charge in [-0.05, 0) is 30.7 Å². The molecule has 1 saturated heterocycles. The summed E-state index contributed by atoms with van der Waals surface area (Å²) >= 11 is 0. The molecule has 2 atom stereocenters. The zero-order valence-electron chi connectivity index (χ0n) is 14.8. The summed E-state index contributed by atoms with van der Waals surface area (Å²) in [4.78, 5) is 2.46. The number of halogens is 1. The molecule has 0 amide bonds. The molecule has 1 aromatic carbocycles. The van der Waals surface area contributed by atoms with Gasteiger partial charge in [-0.25, -0.2) is 0 Å². The molecule has 0 bridgehead atoms. The Balaban J connectivity index is 0.00000208. The second-order valence-electron chi connectivity index (χ2n) is 7.10. The van der Waals surface area contributed by atoms with Gasteiger partial charge in [-0.2, -0.15) is 0 Å². The highest BCUT2D eigenvalue weighted by atomic mass is 35.5. The standard InChI is InChI=1S/C20H31NO2.ClH/c1-2-19(21-13-15-23-16-14-21)20(22,17-9-5-3-6-10-17)18-11-7-4-8-12-18;/h3,5-6,9-10,18-19,22H,2,4,7-8,11-16H2,1H3;1H. The topological polar surface area (TPSA) is 32.7 Å². The Labute approximate surface area is 152 Å². The van der Waals surface area contributed by atoms with Gasteiger partial charge < -0.3 is 9.84 Å². The van der Waals surface area contributed by atoms with E-state index in [1.54, 1.807) is 0 Å². The van der Waals surface area contributed by atoms with Crippen LogP contribution in [0.15, 0.2) is 30.3 Å². The molecule has 0 radical (unpaired) electrons. The van der Waals surface area contributed by atoms with Gasteiger partial charge >= 0.3 is 0 Å². The highest BCUT2D eigenvalue weighted by Crippen LogP contribution is 2.44. The Morgan fingerprint density at radius 3 is 2.33 bits per heavy atom. The quantitative estimate of drug-likeness (QED) is 0.868. The molecule has 2 aliphatic rings. The van der Waals surface area contributed by atoms with Crippen molar-refractivity contribution in [2.75, 3.05) is 26.3 Å². The van der Waals surface area contributed by atoms with E-state index in [1.165, 1.54) is 19.3 Å². The fourth-order valence-corrected chi connectivity index (χ4v) is 4.68. The number of aliphatic hydroxyl groups is 1. The molecular weight excluding hydrogens is 322 g/mol. The molecule has 1 aromatic rings. The molecule has 3 rings (SSSR count). The molecule has 3 nitrogen and oxygen atoms in total. The zero-order valence-corrected chi connectivity index (χ0v) is 15.6. The Morgan fingerprint density at radius 1 is 1.12 bits per heavy atom. The minimum atomic E-state index is -0.742. The number of hydrogen-bond acceptors (Lipinski definition) is 3. The van der Waals surface area contributed by atoms with Crippen molar-refractivity contribution >= 4 is 12.4 Å². The van der Waals surface area contributed by atoms with Crippen LogP contribution in [0.25, 0.3) is 0 Å². The van der Waals surface area contributed by atoms with Gasteiger partial charge in [-0.3, -0.25) is 4.90 Å². The number of ether oxygens (including phenoxy) is 1. The van der Waals surface area contributed by atoms with Crippen LogP contribution in [0.3, 0.4) is 0 Å². The van der Waals surface area contributed by atoms with Crippen molar-refractivity contribution in [1.29, 1.82) is 0 Å². The van der Waals surface area contributed by atoms with E-state index < -0.39 is 5.60 Å². The second-order valence-corrected chi connectivity index (χ2v) is 7.10. The Bertz CT molecular complexity index is 472. The lowest BCUT2D eigenvalue weighted by molar-refractivity contribution is -0.123. The Kier molecular flexibility index (Phi) is 7.55. The van der Waals surface area contributed by atoms with E-state index in [2.05, 4.69) is 36.1 Å². The van der Waals surface area contributed by atoms with Crippen LogP contribution in [-0.4, -0.2) is 42.4 Å². The van der Waals surface area contributed by atoms with E-state index in [0.29, 0.717) is 5.92 Å². The van der Waals surface area contributed by atoms with Crippen LogP contribution in [0, 0.1) is 5.92 Å². The average molecular weight is 354 g/mol. The van der Waals surface area contributed by atoms with Crippen molar-refractivity contribution < 1.29 is 9.84 Å². The number of hydrogen-bond donors (Lipinski definition) is 1. The van der Waals surface area contributed by atoms with E-state index in [0.717, 1.165) is 51.1 Å². The predicted molar refractivity (Wildman–Crippen MR) is 101 cm³/mol. The lowest BCUT2D eigenvalue weighted by Gasteiger charge is -2.49. The average Bonchev–Trinajstić information content (AvgIpc) is 2.64. The summed E-state index contributed by atoms with van der Waals surface area (Å²) in [5.41, 5.74) is 0.360. The summed E-state index contributed by atoms with van der Waals surface area (Å²) in [6.07, 6.45) is 7.08. The molecule has 2 fully saturated rings. The number of morpholine rings is 1. The third kappa shape index (κ3) is 3.96. The molecule has 0 aromatic heterocycles. The van der Waals surface area contributed by atoms with E-state index >= 15 is 0 Å². The van der Waals surface area contributed by atoms with Crippen molar-refractivity contribution in [3.05, 3.63) is 35.9 Å². The largest absolute Gasteiger partial charge is 0.383 e. The molecular formula is C20H32ClNO2. The van der Waals surface area contributed by atoms with Crippen molar-refractivity contribution in [2.45, 2.75) is 57.1 Å². The lowest BCUT2D eigenvalue weighted by Crippen LogP contribution is -2.57. The maximum Gasteiger partial charge on any atom is 0.108 e. The predicted octanol–water partition coefficient (Wildman–Crippen LogP) is 3.99. The van der Waals surface area contributed by atoms with Gasteiger partial charge in [0.2, 0.25) is 0 Å². The SMILES string of the molecule is CCC(N1CCOCC1)C(O)(c1ccccc1)C1CCCCC1.Cl. The third-order valence-electron chi connectivity index (χ3n) is 5.84. The smallest absolute Gasteiger partial charge is 0.108 e. The molecule has 4 heteroatoms. The molecule has 136 valence electrons. The van der Waals surface area contributed by atoms with Crippen molar-refractivity contribution in [3.63, 3.8) is 0 Å². The minimum Gasteiger partial charge on any atom is -0.383 e. The minimum absolute atomic E-state index is 0. The Hall–Kier alpha value is -0.610. The highest BCUT2D eigenvalue weighted by molar-refractivity contribution is 5.85. The first kappa shape index (κ1) is 19.7. The maximum atomic E-state index is 12.0. The van der Waals surface area contributed by atoms with E-state index in [9.17, 15) is 5.11 Å². The van der Waals surface area contributed by atoms with Crippen LogP contribution in [0.5, 0.6) is 0 Å². The summed E-state index contributed by atoms with van der Waals surface area (Å²) in [7, 11) is 0. The molecule has 1 saturated carbocycles. The molecule has 1 N–H and O–H groups in total. The zero-order chi connectivity index (χ0) is 16.1. The summed E-state index contributed by atoms with van der Waals surface area (Å²) in [6, 6.07) is 10.6. The summed E-state index contributed by atoms with van der Waals surface area (Å²) < 4.78 is 5.53. The van der Waals surface area contributed by atoms with Gasteiger partial charge in [0.1, 0.15) is 5.60 Å². The Morgan fingerprint density at radius 2 is 1.75 bits per heavy atom. The van der Waals surface area contributed by atoms with Gasteiger partial charge in [0.25, 0.3) is 0 Å². The van der Waals surface area contributed by atoms with E-state index in [1.807, 2.05) is 6.07 Å². The van der Waals surface area contributed by atoms with Crippen LogP contribution in [-0.2, 0) is 10.3 Å². The van der Waals surface area contributed by atoms with Crippen LogP contribution < -0.4 is 0 Å². The molecule has 0 spiro atoms. The van der Waals surface area contributed by atoms with Gasteiger partial charge in [0.15, 0.2) is 0 Å². The lowest BCUT2D eigenvalue weighted by atomic mass is 9.68. The number of benzene rings is 1. The maximum absolute atomic E-state index is 12.0. The summed E-state index contributed by atoms with van der Waals surface area (Å²) in [5.74, 6) is 0.367. The third-order valence-corrected chi connectivity index (χ3v) is 5.84. The van der Waals surface area contributed by atoms with Gasteiger partial charge in [-0.15, -0.1) is 12.4 Å². The molecule has 1 aliphatic carbocycles. The molecule has 1 heterocycles. The number of rotatable bonds is 5. The molecule has 24 heavy (non-hydrogen) atoms. The van der Waals surface area contributed by atoms with Gasteiger partial charge in [0, 0.05) is 19.1 Å². The van der Waals surface area contributed by atoms with Crippen LogP contribution in [0.1, 0.15) is 51.0 Å². The number of nitrogens with zero attached hydrogens (tertiary/aromatic N) is 1. The normalized spacial score (nSPS) is 23.9. The van der Waals surface area contributed by atoms with Crippen LogP contribution in [0.2, 0.25) is 0 Å². The highest BCUT2D eigenvalue weighted by Gasteiger charge is 2.47. The fraction of sp³-hybridized carbons (Fsp3) is 0.700. The van der Waals surface area contributed by atoms with E-state index in [4.69, 9.17) is 4.74 Å². The second kappa shape index (κ2) is 9.19. The first-order chi connectivity index (χ1) is 11.3. The summed E-state index contributed by atoms with van der Waals surface area (Å²) in [6.45, 7) is 5.65. The summed E-state index contributed by atoms with van der Waals surface area (Å²) in [5, 5.41) is 12.0. The first-order valence-electron chi connectivity index (χ1n) is 9.36. The van der Waals surface area contributed by atoms with Crippen molar-refractivity contribution in [3.8, 4) is 0 Å². The molecule has 2 unspecified atom stereocenters. The molecule has 1 aliphatic heterocycles. The first-order valence-corrected chi connectivity index (χ1v) is 9.36.